The zero-order valence-electron chi connectivity index (χ0n) is 14.0. The molecule has 1 saturated heterocycles. The van der Waals surface area contributed by atoms with E-state index in [1.807, 2.05) is 0 Å². The lowest BCUT2D eigenvalue weighted by molar-refractivity contribution is -0.117. The Morgan fingerprint density at radius 3 is 2.85 bits per heavy atom. The summed E-state index contributed by atoms with van der Waals surface area (Å²) in [7, 11) is 0. The SMILES string of the molecule is O=C(CC1COCCN1)Nc1ccc(=O)n(Cc2ccc(Cl)c(Cl)c2)c1. The van der Waals surface area contributed by atoms with Gasteiger partial charge in [-0.05, 0) is 23.8 Å². The van der Waals surface area contributed by atoms with Gasteiger partial charge in [0.05, 0.1) is 35.5 Å². The van der Waals surface area contributed by atoms with Crippen LogP contribution in [0.1, 0.15) is 12.0 Å². The summed E-state index contributed by atoms with van der Waals surface area (Å²) >= 11 is 11.9. The number of carbonyl (C=O) groups is 1. The third-order valence-corrected chi connectivity index (χ3v) is 4.77. The third-order valence-electron chi connectivity index (χ3n) is 4.03. The fraction of sp³-hybridized carbons (Fsp3) is 0.333. The van der Waals surface area contributed by atoms with Crippen molar-refractivity contribution in [1.29, 1.82) is 0 Å². The van der Waals surface area contributed by atoms with Gasteiger partial charge in [0.1, 0.15) is 0 Å². The van der Waals surface area contributed by atoms with Crippen LogP contribution in [0.3, 0.4) is 0 Å². The number of carbonyl (C=O) groups excluding carboxylic acids is 1. The van der Waals surface area contributed by atoms with E-state index in [1.165, 1.54) is 10.6 Å². The first kappa shape index (κ1) is 18.9. The standard InChI is InChI=1S/C18H19Cl2N3O3/c19-15-3-1-12(7-16(15)20)9-23-10-13(2-4-18(23)25)22-17(24)8-14-11-26-6-5-21-14/h1-4,7,10,14,21H,5-6,8-9,11H2,(H,22,24). The molecule has 1 aliphatic rings. The topological polar surface area (TPSA) is 72.4 Å². The number of morpholine rings is 1. The van der Waals surface area contributed by atoms with E-state index in [1.54, 1.807) is 30.5 Å². The van der Waals surface area contributed by atoms with E-state index >= 15 is 0 Å². The average molecular weight is 396 g/mol. The summed E-state index contributed by atoms with van der Waals surface area (Å²) in [5.74, 6) is -0.132. The van der Waals surface area contributed by atoms with Crippen molar-refractivity contribution in [3.8, 4) is 0 Å². The van der Waals surface area contributed by atoms with Crippen molar-refractivity contribution >= 4 is 34.8 Å². The first-order valence-corrected chi connectivity index (χ1v) is 9.02. The molecule has 0 spiro atoms. The second kappa shape index (κ2) is 8.68. The minimum absolute atomic E-state index is 0.00543. The lowest BCUT2D eigenvalue weighted by Gasteiger charge is -2.23. The molecule has 8 heteroatoms. The molecule has 1 aliphatic heterocycles. The molecule has 1 fully saturated rings. The lowest BCUT2D eigenvalue weighted by Crippen LogP contribution is -2.43. The van der Waals surface area contributed by atoms with Gasteiger partial charge in [-0.25, -0.2) is 0 Å². The first-order valence-electron chi connectivity index (χ1n) is 8.26. The van der Waals surface area contributed by atoms with Crippen LogP contribution in [0.2, 0.25) is 10.0 Å². The minimum atomic E-state index is -0.170. The molecule has 2 N–H and O–H groups in total. The van der Waals surface area contributed by atoms with E-state index in [0.29, 0.717) is 41.9 Å². The summed E-state index contributed by atoms with van der Waals surface area (Å²) in [4.78, 5) is 24.3. The Morgan fingerprint density at radius 2 is 2.12 bits per heavy atom. The number of hydrogen-bond acceptors (Lipinski definition) is 4. The summed E-state index contributed by atoms with van der Waals surface area (Å²) in [5, 5.41) is 6.95. The van der Waals surface area contributed by atoms with Gasteiger partial charge in [0.25, 0.3) is 5.56 Å². The van der Waals surface area contributed by atoms with E-state index in [9.17, 15) is 9.59 Å². The van der Waals surface area contributed by atoms with E-state index in [2.05, 4.69) is 10.6 Å². The van der Waals surface area contributed by atoms with Crippen molar-refractivity contribution in [3.63, 3.8) is 0 Å². The smallest absolute Gasteiger partial charge is 0.250 e. The Labute approximate surface area is 161 Å². The molecule has 1 aromatic carbocycles. The summed E-state index contributed by atoms with van der Waals surface area (Å²) in [6.07, 6.45) is 1.93. The number of rotatable bonds is 5. The van der Waals surface area contributed by atoms with Crippen molar-refractivity contribution < 1.29 is 9.53 Å². The molecule has 1 unspecified atom stereocenters. The monoisotopic (exact) mass is 395 g/mol. The molecule has 6 nitrogen and oxygen atoms in total. The molecule has 138 valence electrons. The van der Waals surface area contributed by atoms with Crippen molar-refractivity contribution in [2.24, 2.45) is 0 Å². The van der Waals surface area contributed by atoms with Crippen LogP contribution in [-0.2, 0) is 16.1 Å². The van der Waals surface area contributed by atoms with Crippen molar-refractivity contribution in [2.75, 3.05) is 25.1 Å². The van der Waals surface area contributed by atoms with Gasteiger partial charge in [0.2, 0.25) is 5.91 Å². The molecular weight excluding hydrogens is 377 g/mol. The molecule has 3 rings (SSSR count). The molecule has 26 heavy (non-hydrogen) atoms. The van der Waals surface area contributed by atoms with E-state index in [0.717, 1.165) is 12.1 Å². The van der Waals surface area contributed by atoms with Crippen molar-refractivity contribution in [2.45, 2.75) is 19.0 Å². The zero-order chi connectivity index (χ0) is 18.5. The highest BCUT2D eigenvalue weighted by molar-refractivity contribution is 6.42. The second-order valence-electron chi connectivity index (χ2n) is 6.11. The van der Waals surface area contributed by atoms with Crippen molar-refractivity contribution in [3.05, 3.63) is 62.5 Å². The molecule has 1 aromatic heterocycles. The van der Waals surface area contributed by atoms with E-state index in [4.69, 9.17) is 27.9 Å². The molecule has 2 aromatic rings. The normalized spacial score (nSPS) is 17.1. The highest BCUT2D eigenvalue weighted by atomic mass is 35.5. The Hall–Kier alpha value is -1.86. The van der Waals surface area contributed by atoms with Gasteiger partial charge >= 0.3 is 0 Å². The summed E-state index contributed by atoms with van der Waals surface area (Å²) < 4.78 is 6.86. The van der Waals surface area contributed by atoms with Gasteiger partial charge in [-0.2, -0.15) is 0 Å². The van der Waals surface area contributed by atoms with Gasteiger partial charge in [-0.1, -0.05) is 29.3 Å². The van der Waals surface area contributed by atoms with Crippen molar-refractivity contribution in [1.82, 2.24) is 9.88 Å². The summed E-state index contributed by atoms with van der Waals surface area (Å²) in [6, 6.07) is 8.24. The van der Waals surface area contributed by atoms with Crippen LogP contribution in [0.5, 0.6) is 0 Å². The van der Waals surface area contributed by atoms with Gasteiger partial charge in [0, 0.05) is 31.3 Å². The Morgan fingerprint density at radius 1 is 1.27 bits per heavy atom. The van der Waals surface area contributed by atoms with Crippen LogP contribution in [-0.4, -0.2) is 36.3 Å². The first-order chi connectivity index (χ1) is 12.5. The van der Waals surface area contributed by atoms with Gasteiger partial charge in [-0.3, -0.25) is 9.59 Å². The number of anilines is 1. The largest absolute Gasteiger partial charge is 0.378 e. The fourth-order valence-corrected chi connectivity index (χ4v) is 3.07. The van der Waals surface area contributed by atoms with E-state index < -0.39 is 0 Å². The second-order valence-corrected chi connectivity index (χ2v) is 6.93. The maximum absolute atomic E-state index is 12.2. The number of hydrogen-bond donors (Lipinski definition) is 2. The molecule has 1 amide bonds. The molecule has 0 aliphatic carbocycles. The van der Waals surface area contributed by atoms with Crippen LogP contribution in [0.15, 0.2) is 41.3 Å². The molecule has 0 saturated carbocycles. The van der Waals surface area contributed by atoms with E-state index in [-0.39, 0.29) is 17.5 Å². The van der Waals surface area contributed by atoms with Crippen LogP contribution in [0.25, 0.3) is 0 Å². The predicted molar refractivity (Wildman–Crippen MR) is 102 cm³/mol. The van der Waals surface area contributed by atoms with Gasteiger partial charge < -0.3 is 19.9 Å². The van der Waals surface area contributed by atoms with Crippen LogP contribution >= 0.6 is 23.2 Å². The van der Waals surface area contributed by atoms with Crippen LogP contribution in [0, 0.1) is 0 Å². The molecular formula is C18H19Cl2N3O3. The molecule has 1 atom stereocenters. The molecule has 0 bridgehead atoms. The number of nitrogens with zero attached hydrogens (tertiary/aromatic N) is 1. The maximum Gasteiger partial charge on any atom is 0.250 e. The Bertz CT molecular complexity index is 848. The highest BCUT2D eigenvalue weighted by Crippen LogP contribution is 2.23. The minimum Gasteiger partial charge on any atom is -0.378 e. The average Bonchev–Trinajstić information content (AvgIpc) is 2.62. The number of aromatic nitrogens is 1. The Kier molecular flexibility index (Phi) is 6.32. The van der Waals surface area contributed by atoms with Gasteiger partial charge in [0.15, 0.2) is 0 Å². The Balaban J connectivity index is 1.67. The number of pyridine rings is 1. The summed E-state index contributed by atoms with van der Waals surface area (Å²) in [6.45, 7) is 2.26. The maximum atomic E-state index is 12.2. The number of ether oxygens (including phenoxy) is 1. The quantitative estimate of drug-likeness (QED) is 0.815. The third kappa shape index (κ3) is 5.08. The summed E-state index contributed by atoms with van der Waals surface area (Å²) in [5.41, 5.74) is 1.23. The highest BCUT2D eigenvalue weighted by Gasteiger charge is 2.17. The van der Waals surface area contributed by atoms with Gasteiger partial charge in [-0.15, -0.1) is 0 Å². The molecule has 0 radical (unpaired) electrons. The van der Waals surface area contributed by atoms with Crippen LogP contribution in [0.4, 0.5) is 5.69 Å². The fourth-order valence-electron chi connectivity index (χ4n) is 2.75. The number of nitrogens with one attached hydrogen (secondary N) is 2. The number of amides is 1. The predicted octanol–water partition coefficient (Wildman–Crippen LogP) is 2.52. The number of benzene rings is 1. The zero-order valence-corrected chi connectivity index (χ0v) is 15.5. The molecule has 2 heterocycles. The number of halogens is 2. The lowest BCUT2D eigenvalue weighted by atomic mass is 10.2. The van der Waals surface area contributed by atoms with Crippen LogP contribution < -0.4 is 16.2 Å².